The summed E-state index contributed by atoms with van der Waals surface area (Å²) in [6.45, 7) is -0.0763. The lowest BCUT2D eigenvalue weighted by Gasteiger charge is -2.30. The Balaban J connectivity index is 1.76. The Labute approximate surface area is 142 Å². The number of hydroxylamine groups is 2. The van der Waals surface area contributed by atoms with Gasteiger partial charge in [-0.2, -0.15) is 18.6 Å². The summed E-state index contributed by atoms with van der Waals surface area (Å²) in [6.07, 6.45) is 1.34. The minimum atomic E-state index is -4.86. The zero-order valence-corrected chi connectivity index (χ0v) is 13.8. The normalized spacial score (nSPS) is 28.2. The minimum absolute atomic E-state index is 0.139. The summed E-state index contributed by atoms with van der Waals surface area (Å²) in [6, 6.07) is -2.08. The highest BCUT2D eigenvalue weighted by Gasteiger charge is 2.53. The summed E-state index contributed by atoms with van der Waals surface area (Å²) in [5.74, 6) is 0. The molecule has 2 amide bonds. The third kappa shape index (κ3) is 2.47. The van der Waals surface area contributed by atoms with Gasteiger partial charge in [-0.1, -0.05) is 5.16 Å². The van der Waals surface area contributed by atoms with Gasteiger partial charge in [-0.15, -0.1) is 4.28 Å². The average molecular weight is 373 g/mol. The molecule has 0 spiro atoms. The van der Waals surface area contributed by atoms with Crippen LogP contribution in [0.2, 0.25) is 0 Å². The Bertz CT molecular complexity index is 865. The van der Waals surface area contributed by atoms with Gasteiger partial charge in [-0.25, -0.2) is 4.79 Å². The van der Waals surface area contributed by atoms with Gasteiger partial charge in [0.1, 0.15) is 12.1 Å². The van der Waals surface area contributed by atoms with E-state index in [0.29, 0.717) is 28.5 Å². The van der Waals surface area contributed by atoms with Crippen molar-refractivity contribution in [2.75, 3.05) is 13.2 Å². The number of carbonyl (C=O) groups excluding carboxylic acids is 1. The van der Waals surface area contributed by atoms with E-state index < -0.39 is 34.6 Å². The van der Waals surface area contributed by atoms with Gasteiger partial charge >= 0.3 is 16.4 Å². The van der Waals surface area contributed by atoms with Gasteiger partial charge < -0.3 is 14.8 Å². The van der Waals surface area contributed by atoms with Crippen molar-refractivity contribution in [1.29, 1.82) is 0 Å². The number of aliphatic hydroxyl groups excluding tert-OH is 1. The number of oxime groups is 1. The number of aliphatic hydroxyl groups is 1. The fraction of sp³-hybridized carbons (Fsp3) is 0.583. The molecule has 136 valence electrons. The second-order valence-electron chi connectivity index (χ2n) is 5.99. The summed E-state index contributed by atoms with van der Waals surface area (Å²) in [4.78, 5) is 19.2. The molecule has 3 aliphatic heterocycles. The molecule has 0 saturated carbocycles. The molecular formula is C12H15N5O7S. The first-order valence-electron chi connectivity index (χ1n) is 7.42. The summed E-state index contributed by atoms with van der Waals surface area (Å²) in [5.41, 5.74) is 1.75. The number of carbonyl (C=O) groups is 1. The Morgan fingerprint density at radius 2 is 2.24 bits per heavy atom. The molecule has 1 fully saturated rings. The van der Waals surface area contributed by atoms with Crippen LogP contribution in [-0.4, -0.2) is 68.8 Å². The van der Waals surface area contributed by atoms with Crippen LogP contribution in [0.25, 0.3) is 0 Å². The third-order valence-corrected chi connectivity index (χ3v) is 4.83. The van der Waals surface area contributed by atoms with Gasteiger partial charge in [-0.3, -0.25) is 9.23 Å². The van der Waals surface area contributed by atoms with Crippen LogP contribution in [0.4, 0.5) is 4.79 Å². The maximum Gasteiger partial charge on any atom is 0.418 e. The Morgan fingerprint density at radius 3 is 2.88 bits per heavy atom. The molecule has 3 atom stereocenters. The number of fused-ring (bicyclic) bond motifs is 4. The number of aryl methyl sites for hydroxylation is 1. The van der Waals surface area contributed by atoms with Crippen LogP contribution in [0, 0.1) is 0 Å². The fourth-order valence-electron chi connectivity index (χ4n) is 3.47. The third-order valence-electron chi connectivity index (χ3n) is 4.48. The summed E-state index contributed by atoms with van der Waals surface area (Å²) in [5, 5.41) is 18.0. The number of aromatic nitrogens is 2. The van der Waals surface area contributed by atoms with Crippen molar-refractivity contribution in [3.8, 4) is 0 Å². The topological polar surface area (TPSA) is 147 Å². The summed E-state index contributed by atoms with van der Waals surface area (Å²) >= 11 is 0. The van der Waals surface area contributed by atoms with E-state index in [-0.39, 0.29) is 13.2 Å². The van der Waals surface area contributed by atoms with Crippen molar-refractivity contribution < 1.29 is 32.0 Å². The molecular weight excluding hydrogens is 358 g/mol. The first-order valence-corrected chi connectivity index (χ1v) is 8.78. The maximum absolute atomic E-state index is 12.6. The van der Waals surface area contributed by atoms with E-state index in [9.17, 15) is 18.3 Å². The molecule has 4 heterocycles. The average Bonchev–Trinajstić information content (AvgIpc) is 3.22. The quantitative estimate of drug-likeness (QED) is 0.647. The molecule has 0 aromatic carbocycles. The number of urea groups is 1. The van der Waals surface area contributed by atoms with Crippen molar-refractivity contribution in [1.82, 2.24) is 19.7 Å². The molecule has 25 heavy (non-hydrogen) atoms. The minimum Gasteiger partial charge on any atom is -0.392 e. The lowest BCUT2D eigenvalue weighted by Crippen LogP contribution is -2.39. The first-order chi connectivity index (χ1) is 11.8. The van der Waals surface area contributed by atoms with Crippen LogP contribution in [0.3, 0.4) is 0 Å². The molecule has 2 bridgehead atoms. The highest BCUT2D eigenvalue weighted by Crippen LogP contribution is 2.45. The molecule has 1 saturated heterocycles. The number of rotatable bonds is 4. The molecule has 4 rings (SSSR count). The molecule has 0 radical (unpaired) electrons. The highest BCUT2D eigenvalue weighted by molar-refractivity contribution is 7.80. The van der Waals surface area contributed by atoms with E-state index in [1.54, 1.807) is 11.7 Å². The molecule has 3 aliphatic rings. The van der Waals surface area contributed by atoms with E-state index >= 15 is 0 Å². The largest absolute Gasteiger partial charge is 0.418 e. The fourth-order valence-corrected chi connectivity index (χ4v) is 3.85. The van der Waals surface area contributed by atoms with Crippen LogP contribution in [0.1, 0.15) is 29.8 Å². The molecule has 2 N–H and O–H groups in total. The van der Waals surface area contributed by atoms with Gasteiger partial charge in [0.25, 0.3) is 0 Å². The number of amides is 2. The number of nitrogens with zero attached hydrogens (tertiary/aromatic N) is 5. The van der Waals surface area contributed by atoms with Crippen molar-refractivity contribution in [3.63, 3.8) is 0 Å². The molecule has 12 nitrogen and oxygen atoms in total. The predicted molar refractivity (Wildman–Crippen MR) is 79.3 cm³/mol. The standard InChI is InChI=1S/C12H15N5O7S/c1-15-10-7(3-13-15)9-4-16(12(19)17(9)24-25(20,21)22)11(10)8-2-6(5-18)23-14-8/h3,6,9,11,18H,2,4-5H2,1H3,(H,20,21,22). The van der Waals surface area contributed by atoms with Crippen molar-refractivity contribution in [2.24, 2.45) is 12.2 Å². The molecule has 0 aliphatic carbocycles. The van der Waals surface area contributed by atoms with E-state index in [1.165, 1.54) is 11.1 Å². The second kappa shape index (κ2) is 5.39. The smallest absolute Gasteiger partial charge is 0.392 e. The Morgan fingerprint density at radius 1 is 1.48 bits per heavy atom. The molecule has 13 heteroatoms. The molecule has 1 aromatic heterocycles. The van der Waals surface area contributed by atoms with E-state index in [1.807, 2.05) is 0 Å². The van der Waals surface area contributed by atoms with Gasteiger partial charge in [0.05, 0.1) is 30.8 Å². The van der Waals surface area contributed by atoms with Crippen molar-refractivity contribution in [2.45, 2.75) is 24.6 Å². The second-order valence-corrected chi connectivity index (χ2v) is 6.99. The molecule has 3 unspecified atom stereocenters. The van der Waals surface area contributed by atoms with Crippen LogP contribution >= 0.6 is 0 Å². The van der Waals surface area contributed by atoms with Gasteiger partial charge in [-0.05, 0) is 0 Å². The van der Waals surface area contributed by atoms with Gasteiger partial charge in [0, 0.05) is 19.0 Å². The zero-order valence-electron chi connectivity index (χ0n) is 13.0. The van der Waals surface area contributed by atoms with Crippen LogP contribution in [0.15, 0.2) is 11.4 Å². The van der Waals surface area contributed by atoms with Crippen LogP contribution < -0.4 is 0 Å². The Kier molecular flexibility index (Phi) is 3.50. The SMILES string of the molecule is Cn1ncc2c1C(C1=NOC(CO)C1)N1CC2N(OS(=O)(=O)O)C1=O. The summed E-state index contributed by atoms with van der Waals surface area (Å²) in [7, 11) is -3.17. The van der Waals surface area contributed by atoms with Crippen LogP contribution in [0.5, 0.6) is 0 Å². The van der Waals surface area contributed by atoms with E-state index in [2.05, 4.69) is 14.5 Å². The number of hydrogen-bond donors (Lipinski definition) is 2. The monoisotopic (exact) mass is 373 g/mol. The zero-order chi connectivity index (χ0) is 17.9. The van der Waals surface area contributed by atoms with E-state index in [0.717, 1.165) is 0 Å². The van der Waals surface area contributed by atoms with Gasteiger partial charge in [0.15, 0.2) is 6.10 Å². The van der Waals surface area contributed by atoms with Crippen molar-refractivity contribution in [3.05, 3.63) is 17.5 Å². The highest BCUT2D eigenvalue weighted by atomic mass is 32.3. The predicted octanol–water partition coefficient (Wildman–Crippen LogP) is -0.875. The molecule has 1 aromatic rings. The lowest BCUT2D eigenvalue weighted by molar-refractivity contribution is -0.0316. The maximum atomic E-state index is 12.6. The van der Waals surface area contributed by atoms with Crippen molar-refractivity contribution >= 4 is 22.1 Å². The van der Waals surface area contributed by atoms with Gasteiger partial charge in [0.2, 0.25) is 0 Å². The first kappa shape index (κ1) is 16.3. The Hall–Kier alpha value is -2.22. The lowest BCUT2D eigenvalue weighted by atomic mass is 9.93. The number of hydrogen-bond acceptors (Lipinski definition) is 8. The van der Waals surface area contributed by atoms with E-state index in [4.69, 9.17) is 9.39 Å². The summed E-state index contributed by atoms with van der Waals surface area (Å²) < 4.78 is 37.2. The van der Waals surface area contributed by atoms with Crippen LogP contribution in [-0.2, 0) is 26.6 Å².